The van der Waals surface area contributed by atoms with Gasteiger partial charge in [-0.25, -0.2) is 13.4 Å². The van der Waals surface area contributed by atoms with Crippen molar-refractivity contribution in [3.8, 4) is 0 Å². The van der Waals surface area contributed by atoms with Gasteiger partial charge in [-0.2, -0.15) is 4.52 Å². The first kappa shape index (κ1) is 19.9. The van der Waals surface area contributed by atoms with Crippen molar-refractivity contribution in [2.45, 2.75) is 22.9 Å². The van der Waals surface area contributed by atoms with Gasteiger partial charge in [0.1, 0.15) is 5.82 Å². The minimum atomic E-state index is -3.96. The Kier molecular flexibility index (Phi) is 4.88. The lowest BCUT2D eigenvalue weighted by molar-refractivity contribution is 0.592. The number of halogens is 1. The molecule has 5 aromatic rings. The maximum Gasteiger partial charge on any atom is 0.229 e. The number of aromatic nitrogens is 4. The third-order valence-electron chi connectivity index (χ3n) is 4.94. The van der Waals surface area contributed by atoms with Crippen LogP contribution in [0.15, 0.2) is 76.0 Å². The monoisotopic (exact) mass is 469 g/mol. The standard InChI is InChI=1S/C21H16ClN5O2S2/c1-13(14-6-3-2-4-7-14)23-19-18-17(10-11-30-18)27-20(24-19)21(25-26-27)31(28,29)16-9-5-8-15(22)12-16/h2-13H,1H3,(H,23,24)/t13-/m1/s1. The number of anilines is 1. The third kappa shape index (κ3) is 3.44. The summed E-state index contributed by atoms with van der Waals surface area (Å²) in [6.07, 6.45) is 0. The summed E-state index contributed by atoms with van der Waals surface area (Å²) in [5, 5.41) is 13.5. The van der Waals surface area contributed by atoms with E-state index in [-0.39, 0.29) is 21.6 Å². The van der Waals surface area contributed by atoms with E-state index in [1.54, 1.807) is 12.1 Å². The maximum atomic E-state index is 13.3. The number of benzene rings is 2. The summed E-state index contributed by atoms with van der Waals surface area (Å²) in [5.41, 5.74) is 1.98. The van der Waals surface area contributed by atoms with Crippen molar-refractivity contribution >= 4 is 54.5 Å². The van der Waals surface area contributed by atoms with Gasteiger partial charge in [0.25, 0.3) is 0 Å². The van der Waals surface area contributed by atoms with E-state index < -0.39 is 9.84 Å². The van der Waals surface area contributed by atoms with Gasteiger partial charge in [0.2, 0.25) is 14.9 Å². The Bertz CT molecular complexity index is 1510. The van der Waals surface area contributed by atoms with Gasteiger partial charge in [-0.15, -0.1) is 16.4 Å². The first-order chi connectivity index (χ1) is 14.9. The van der Waals surface area contributed by atoms with Crippen LogP contribution in [0.1, 0.15) is 18.5 Å². The number of hydrogen-bond acceptors (Lipinski definition) is 7. The molecule has 0 saturated carbocycles. The normalized spacial score (nSPS) is 13.0. The van der Waals surface area contributed by atoms with Crippen molar-refractivity contribution in [2.24, 2.45) is 0 Å². The minimum Gasteiger partial charge on any atom is -0.362 e. The molecule has 0 radical (unpaired) electrons. The Hall–Kier alpha value is -3.01. The van der Waals surface area contributed by atoms with Gasteiger partial charge in [-0.1, -0.05) is 53.2 Å². The second-order valence-corrected chi connectivity index (χ2v) is 10.2. The number of thiophene rings is 1. The lowest BCUT2D eigenvalue weighted by Crippen LogP contribution is -2.10. The summed E-state index contributed by atoms with van der Waals surface area (Å²) < 4.78 is 28.8. The van der Waals surface area contributed by atoms with Crippen molar-refractivity contribution in [2.75, 3.05) is 5.32 Å². The van der Waals surface area contributed by atoms with E-state index in [1.807, 2.05) is 48.7 Å². The number of rotatable bonds is 5. The highest BCUT2D eigenvalue weighted by molar-refractivity contribution is 7.91. The number of sulfone groups is 1. The zero-order valence-corrected chi connectivity index (χ0v) is 18.6. The molecule has 0 amide bonds. The first-order valence-corrected chi connectivity index (χ1v) is 12.1. The molecule has 3 heterocycles. The van der Waals surface area contributed by atoms with Crippen LogP contribution >= 0.6 is 22.9 Å². The summed E-state index contributed by atoms with van der Waals surface area (Å²) in [7, 11) is -3.96. The van der Waals surface area contributed by atoms with E-state index in [2.05, 4.69) is 20.6 Å². The fraction of sp³-hybridized carbons (Fsp3) is 0.0952. The van der Waals surface area contributed by atoms with Gasteiger partial charge in [-0.05, 0) is 42.1 Å². The number of fused-ring (bicyclic) bond motifs is 3. The third-order valence-corrected chi connectivity index (χ3v) is 7.73. The van der Waals surface area contributed by atoms with Gasteiger partial charge >= 0.3 is 0 Å². The predicted molar refractivity (Wildman–Crippen MR) is 122 cm³/mol. The lowest BCUT2D eigenvalue weighted by atomic mass is 10.1. The lowest BCUT2D eigenvalue weighted by Gasteiger charge is -2.15. The van der Waals surface area contributed by atoms with E-state index >= 15 is 0 Å². The zero-order chi connectivity index (χ0) is 21.6. The number of nitrogens with one attached hydrogen (secondary N) is 1. The van der Waals surface area contributed by atoms with Crippen LogP contribution in [0.3, 0.4) is 0 Å². The van der Waals surface area contributed by atoms with Gasteiger partial charge in [-0.3, -0.25) is 0 Å². The van der Waals surface area contributed by atoms with Crippen LogP contribution in [0.25, 0.3) is 15.9 Å². The molecule has 10 heteroatoms. The van der Waals surface area contributed by atoms with E-state index in [1.165, 1.54) is 28.0 Å². The molecule has 0 aliphatic rings. The summed E-state index contributed by atoms with van der Waals surface area (Å²) in [4.78, 5) is 4.68. The molecule has 0 aliphatic carbocycles. The second-order valence-electron chi connectivity index (χ2n) is 6.96. The Balaban J connectivity index is 1.67. The van der Waals surface area contributed by atoms with E-state index in [4.69, 9.17) is 11.6 Å². The first-order valence-electron chi connectivity index (χ1n) is 9.40. The predicted octanol–water partition coefficient (Wildman–Crippen LogP) is 5.00. The summed E-state index contributed by atoms with van der Waals surface area (Å²) in [5.74, 6) is 0.582. The molecule has 1 atom stereocenters. The molecule has 31 heavy (non-hydrogen) atoms. The van der Waals surface area contributed by atoms with Crippen LogP contribution in [0.2, 0.25) is 5.02 Å². The molecule has 2 aromatic carbocycles. The van der Waals surface area contributed by atoms with Crippen molar-refractivity contribution in [1.29, 1.82) is 0 Å². The van der Waals surface area contributed by atoms with Gasteiger partial charge in [0, 0.05) is 11.1 Å². The van der Waals surface area contributed by atoms with Gasteiger partial charge in [0.05, 0.1) is 15.1 Å². The SMILES string of the molecule is C[C@@H](Nc1nc2c(S(=O)(=O)c3cccc(Cl)c3)nnn2c2ccsc12)c1ccccc1. The number of hydrogen-bond donors (Lipinski definition) is 1. The van der Waals surface area contributed by atoms with Crippen molar-refractivity contribution in [3.63, 3.8) is 0 Å². The molecular formula is C21H16ClN5O2S2. The molecular weight excluding hydrogens is 454 g/mol. The Labute approximate surface area is 187 Å². The van der Waals surface area contributed by atoms with E-state index in [0.29, 0.717) is 10.8 Å². The summed E-state index contributed by atoms with van der Waals surface area (Å²) in [6.45, 7) is 2.03. The Morgan fingerprint density at radius 1 is 1.10 bits per heavy atom. The van der Waals surface area contributed by atoms with Crippen LogP contribution in [0.4, 0.5) is 5.82 Å². The Morgan fingerprint density at radius 3 is 2.68 bits per heavy atom. The molecule has 5 rings (SSSR count). The largest absolute Gasteiger partial charge is 0.362 e. The highest BCUT2D eigenvalue weighted by Crippen LogP contribution is 2.33. The fourth-order valence-corrected chi connectivity index (χ4v) is 5.73. The smallest absolute Gasteiger partial charge is 0.229 e. The topological polar surface area (TPSA) is 89.2 Å². The molecule has 0 saturated heterocycles. The summed E-state index contributed by atoms with van der Waals surface area (Å²) in [6, 6.07) is 17.9. The number of nitrogens with zero attached hydrogens (tertiary/aromatic N) is 4. The van der Waals surface area contributed by atoms with Crippen LogP contribution < -0.4 is 5.32 Å². The molecule has 0 aliphatic heterocycles. The van der Waals surface area contributed by atoms with Crippen molar-refractivity contribution in [1.82, 2.24) is 19.8 Å². The Morgan fingerprint density at radius 2 is 1.90 bits per heavy atom. The molecule has 3 aromatic heterocycles. The van der Waals surface area contributed by atoms with E-state index in [0.717, 1.165) is 15.8 Å². The quantitative estimate of drug-likeness (QED) is 0.389. The minimum absolute atomic E-state index is 0.0367. The molecule has 0 unspecified atom stereocenters. The van der Waals surface area contributed by atoms with E-state index in [9.17, 15) is 8.42 Å². The molecule has 1 N–H and O–H groups in total. The van der Waals surface area contributed by atoms with Crippen LogP contribution in [-0.2, 0) is 9.84 Å². The average Bonchev–Trinajstić information content (AvgIpc) is 3.42. The van der Waals surface area contributed by atoms with Gasteiger partial charge in [0.15, 0.2) is 5.65 Å². The molecule has 0 bridgehead atoms. The average molecular weight is 470 g/mol. The highest BCUT2D eigenvalue weighted by atomic mass is 35.5. The molecule has 7 nitrogen and oxygen atoms in total. The van der Waals surface area contributed by atoms with Crippen LogP contribution in [0.5, 0.6) is 0 Å². The maximum absolute atomic E-state index is 13.3. The van der Waals surface area contributed by atoms with Crippen LogP contribution in [-0.4, -0.2) is 28.2 Å². The summed E-state index contributed by atoms with van der Waals surface area (Å²) >= 11 is 7.51. The van der Waals surface area contributed by atoms with Crippen LogP contribution in [0, 0.1) is 0 Å². The van der Waals surface area contributed by atoms with Gasteiger partial charge < -0.3 is 5.32 Å². The molecule has 0 fully saturated rings. The second kappa shape index (κ2) is 7.60. The van der Waals surface area contributed by atoms with Crippen molar-refractivity contribution < 1.29 is 8.42 Å². The molecule has 0 spiro atoms. The van der Waals surface area contributed by atoms with Crippen molar-refractivity contribution in [3.05, 3.63) is 76.6 Å². The fourth-order valence-electron chi connectivity index (χ4n) is 3.37. The zero-order valence-electron chi connectivity index (χ0n) is 16.2. The highest BCUT2D eigenvalue weighted by Gasteiger charge is 2.27. The molecule has 156 valence electrons.